The molecule has 0 aliphatic heterocycles. The van der Waals surface area contributed by atoms with Crippen LogP contribution in [-0.2, 0) is 9.84 Å². The van der Waals surface area contributed by atoms with Crippen LogP contribution in [0.25, 0.3) is 0 Å². The highest BCUT2D eigenvalue weighted by atomic mass is 32.2. The molecule has 0 aromatic carbocycles. The summed E-state index contributed by atoms with van der Waals surface area (Å²) < 4.78 is 23.1. The smallest absolute Gasteiger partial charge is 0.155 e. The van der Waals surface area contributed by atoms with Gasteiger partial charge in [0.2, 0.25) is 0 Å². The molecule has 4 heteroatoms. The van der Waals surface area contributed by atoms with Crippen molar-refractivity contribution in [3.63, 3.8) is 0 Å². The Labute approximate surface area is 100 Å². The van der Waals surface area contributed by atoms with Gasteiger partial charge in [0.15, 0.2) is 9.84 Å². The third kappa shape index (κ3) is 4.42. The van der Waals surface area contributed by atoms with E-state index in [0.29, 0.717) is 6.42 Å². The second kappa shape index (κ2) is 5.05. The zero-order valence-electron chi connectivity index (χ0n) is 11.4. The molecule has 0 aliphatic rings. The lowest BCUT2D eigenvalue weighted by molar-refractivity contribution is 0.128. The largest absolute Gasteiger partial charge is 0.396 e. The Morgan fingerprint density at radius 3 is 1.75 bits per heavy atom. The zero-order valence-corrected chi connectivity index (χ0v) is 12.2. The third-order valence-corrected chi connectivity index (χ3v) is 5.75. The molecule has 3 nitrogen and oxygen atoms in total. The minimum absolute atomic E-state index is 0.0321. The summed E-state index contributed by atoms with van der Waals surface area (Å²) in [6.45, 7) is 11.3. The van der Waals surface area contributed by atoms with Crippen LogP contribution in [-0.4, -0.2) is 30.6 Å². The van der Waals surface area contributed by atoms with E-state index in [1.165, 1.54) is 0 Å². The first kappa shape index (κ1) is 15.9. The lowest BCUT2D eigenvalue weighted by Crippen LogP contribution is -2.33. The first-order valence-corrected chi connectivity index (χ1v) is 7.40. The van der Waals surface area contributed by atoms with Crippen molar-refractivity contribution in [3.05, 3.63) is 0 Å². The summed E-state index contributed by atoms with van der Waals surface area (Å²) >= 11 is 0. The minimum Gasteiger partial charge on any atom is -0.396 e. The van der Waals surface area contributed by atoms with Crippen LogP contribution in [0.4, 0.5) is 0 Å². The van der Waals surface area contributed by atoms with Gasteiger partial charge in [-0.2, -0.15) is 0 Å². The summed E-state index contributed by atoms with van der Waals surface area (Å²) in [5.41, 5.74) is -0.0534. The molecular formula is C12H26O3S. The average Bonchev–Trinajstić information content (AvgIpc) is 2.00. The topological polar surface area (TPSA) is 54.4 Å². The first-order valence-electron chi connectivity index (χ1n) is 5.75. The lowest BCUT2D eigenvalue weighted by Gasteiger charge is -2.30. The monoisotopic (exact) mass is 250 g/mol. The predicted octanol–water partition coefficient (Wildman–Crippen LogP) is 2.24. The highest BCUT2D eigenvalue weighted by Gasteiger charge is 2.31. The van der Waals surface area contributed by atoms with Crippen LogP contribution in [0, 0.1) is 11.3 Å². The second-order valence-corrected chi connectivity index (χ2v) is 9.33. The molecule has 1 N–H and O–H groups in total. The maximum Gasteiger partial charge on any atom is 0.155 e. The van der Waals surface area contributed by atoms with Gasteiger partial charge in [-0.1, -0.05) is 20.8 Å². The van der Waals surface area contributed by atoms with E-state index in [4.69, 9.17) is 0 Å². The summed E-state index contributed by atoms with van der Waals surface area (Å²) in [5.74, 6) is 0.184. The van der Waals surface area contributed by atoms with Gasteiger partial charge in [-0.25, -0.2) is 8.42 Å². The number of hydrogen-bond acceptors (Lipinski definition) is 3. The van der Waals surface area contributed by atoms with Crippen LogP contribution in [0.5, 0.6) is 0 Å². The Bertz CT molecular complexity index is 304. The average molecular weight is 250 g/mol. The van der Waals surface area contributed by atoms with Crippen LogP contribution in [0.1, 0.15) is 48.0 Å². The van der Waals surface area contributed by atoms with Crippen LogP contribution in [0.15, 0.2) is 0 Å². The summed E-state index contributed by atoms with van der Waals surface area (Å²) in [6.07, 6.45) is 0.527. The highest BCUT2D eigenvalue weighted by Crippen LogP contribution is 2.29. The van der Waals surface area contributed by atoms with Crippen molar-refractivity contribution in [1.82, 2.24) is 0 Å². The van der Waals surface area contributed by atoms with Crippen LogP contribution in [0.2, 0.25) is 0 Å². The molecule has 1 atom stereocenters. The highest BCUT2D eigenvalue weighted by molar-refractivity contribution is 7.92. The van der Waals surface area contributed by atoms with Crippen molar-refractivity contribution < 1.29 is 13.5 Å². The molecule has 0 saturated heterocycles. The van der Waals surface area contributed by atoms with Crippen molar-refractivity contribution in [2.45, 2.75) is 52.7 Å². The summed E-state index contributed by atoms with van der Waals surface area (Å²) in [4.78, 5) is 0. The van der Waals surface area contributed by atoms with E-state index >= 15 is 0 Å². The molecule has 0 spiro atoms. The molecule has 16 heavy (non-hydrogen) atoms. The van der Waals surface area contributed by atoms with E-state index < -0.39 is 14.6 Å². The molecule has 0 saturated carbocycles. The Kier molecular flexibility index (Phi) is 5.02. The Hall–Kier alpha value is -0.0900. The Morgan fingerprint density at radius 2 is 1.50 bits per heavy atom. The van der Waals surface area contributed by atoms with E-state index in [9.17, 15) is 13.5 Å². The fourth-order valence-electron chi connectivity index (χ4n) is 1.40. The van der Waals surface area contributed by atoms with Crippen LogP contribution in [0.3, 0.4) is 0 Å². The van der Waals surface area contributed by atoms with Gasteiger partial charge in [0, 0.05) is 6.61 Å². The molecule has 0 amide bonds. The Morgan fingerprint density at radius 1 is 1.06 bits per heavy atom. The molecule has 1 unspecified atom stereocenters. The van der Waals surface area contributed by atoms with Gasteiger partial charge < -0.3 is 5.11 Å². The van der Waals surface area contributed by atoms with E-state index in [2.05, 4.69) is 0 Å². The summed E-state index contributed by atoms with van der Waals surface area (Å²) in [7, 11) is -3.07. The van der Waals surface area contributed by atoms with Crippen LogP contribution < -0.4 is 0 Å². The molecule has 0 rings (SSSR count). The standard InChI is InChI=1S/C12H26O3S/c1-11(2,3)10(9-13)7-8-16(14,15)12(4,5)6/h10,13H,7-9H2,1-6H3. The van der Waals surface area contributed by atoms with Gasteiger partial charge in [0.05, 0.1) is 10.5 Å². The third-order valence-electron chi connectivity index (χ3n) is 3.11. The van der Waals surface area contributed by atoms with Gasteiger partial charge >= 0.3 is 0 Å². The quantitative estimate of drug-likeness (QED) is 0.832. The predicted molar refractivity (Wildman–Crippen MR) is 68.2 cm³/mol. The summed E-state index contributed by atoms with van der Waals surface area (Å²) in [5, 5.41) is 9.27. The molecule has 0 heterocycles. The number of hydrogen-bond donors (Lipinski definition) is 1. The van der Waals surface area contributed by atoms with Crippen molar-refractivity contribution in [1.29, 1.82) is 0 Å². The van der Waals surface area contributed by atoms with Crippen LogP contribution >= 0.6 is 0 Å². The number of aliphatic hydroxyl groups is 1. The molecule has 0 bridgehead atoms. The maximum absolute atomic E-state index is 11.9. The zero-order chi connectivity index (χ0) is 13.2. The fraction of sp³-hybridized carbons (Fsp3) is 1.00. The minimum atomic E-state index is -3.07. The van der Waals surface area contributed by atoms with Crippen molar-refractivity contribution in [2.75, 3.05) is 12.4 Å². The summed E-state index contributed by atoms with van der Waals surface area (Å²) in [6, 6.07) is 0. The molecule has 0 radical (unpaired) electrons. The van der Waals surface area contributed by atoms with E-state index in [1.807, 2.05) is 20.8 Å². The molecule has 0 aromatic rings. The Balaban J connectivity index is 4.58. The van der Waals surface area contributed by atoms with E-state index in [-0.39, 0.29) is 23.7 Å². The SMILES string of the molecule is CC(C)(C)C(CO)CCS(=O)(=O)C(C)(C)C. The van der Waals surface area contributed by atoms with Crippen molar-refractivity contribution >= 4 is 9.84 Å². The number of sulfone groups is 1. The van der Waals surface area contributed by atoms with Crippen molar-refractivity contribution in [2.24, 2.45) is 11.3 Å². The van der Waals surface area contributed by atoms with E-state index in [1.54, 1.807) is 20.8 Å². The molecule has 98 valence electrons. The van der Waals surface area contributed by atoms with Gasteiger partial charge in [-0.05, 0) is 38.5 Å². The molecule has 0 aromatic heterocycles. The number of rotatable bonds is 4. The molecule has 0 aliphatic carbocycles. The maximum atomic E-state index is 11.9. The lowest BCUT2D eigenvalue weighted by atomic mass is 9.80. The molecule has 0 fully saturated rings. The molecular weight excluding hydrogens is 224 g/mol. The van der Waals surface area contributed by atoms with Gasteiger partial charge in [-0.15, -0.1) is 0 Å². The van der Waals surface area contributed by atoms with Gasteiger partial charge in [-0.3, -0.25) is 0 Å². The van der Waals surface area contributed by atoms with Gasteiger partial charge in [0.1, 0.15) is 0 Å². The normalized spacial score (nSPS) is 16.2. The second-order valence-electron chi connectivity index (χ2n) is 6.47. The fourth-order valence-corrected chi connectivity index (χ4v) is 2.61. The van der Waals surface area contributed by atoms with Gasteiger partial charge in [0.25, 0.3) is 0 Å². The van der Waals surface area contributed by atoms with E-state index in [0.717, 1.165) is 0 Å². The number of aliphatic hydroxyl groups excluding tert-OH is 1. The van der Waals surface area contributed by atoms with Crippen molar-refractivity contribution in [3.8, 4) is 0 Å². The first-order chi connectivity index (χ1) is 6.92.